The van der Waals surface area contributed by atoms with Crippen LogP contribution in [0.4, 0.5) is 5.95 Å². The maximum atomic E-state index is 12.8. The van der Waals surface area contributed by atoms with E-state index in [1.165, 1.54) is 0 Å². The summed E-state index contributed by atoms with van der Waals surface area (Å²) in [6.07, 6.45) is 0.730. The van der Waals surface area contributed by atoms with Gasteiger partial charge in [-0.2, -0.15) is 0 Å². The zero-order valence-electron chi connectivity index (χ0n) is 15.1. The van der Waals surface area contributed by atoms with E-state index in [-0.39, 0.29) is 17.7 Å². The van der Waals surface area contributed by atoms with E-state index in [2.05, 4.69) is 20.6 Å². The van der Waals surface area contributed by atoms with E-state index < -0.39 is 6.04 Å². The number of para-hydroxylation sites is 2. The maximum Gasteiger partial charge on any atom is 0.251 e. The van der Waals surface area contributed by atoms with Crippen LogP contribution in [-0.2, 0) is 4.79 Å². The Bertz CT molecular complexity index is 936. The third kappa shape index (κ3) is 4.46. The molecule has 140 valence electrons. The van der Waals surface area contributed by atoms with Crippen LogP contribution in [0.3, 0.4) is 0 Å². The molecular formula is C20H21ClN4O2. The molecule has 0 saturated heterocycles. The standard InChI is InChI=1S/C20H21ClN4O2/c1-3-12(2)17(24-18(26)13-7-6-8-14(21)11-13)19(27)25-20-22-15-9-4-5-10-16(15)23-20/h4-12,17H,3H2,1-2H3,(H,24,26)(H2,22,23,25,27)/t12-,17+/m1/s1. The predicted octanol–water partition coefficient (Wildman–Crippen LogP) is 4.00. The first-order chi connectivity index (χ1) is 13.0. The molecule has 0 aliphatic heterocycles. The Hall–Kier alpha value is -2.86. The van der Waals surface area contributed by atoms with Gasteiger partial charge in [-0.1, -0.05) is 50.1 Å². The summed E-state index contributed by atoms with van der Waals surface area (Å²) < 4.78 is 0. The molecule has 2 amide bonds. The van der Waals surface area contributed by atoms with Gasteiger partial charge in [0.1, 0.15) is 6.04 Å². The van der Waals surface area contributed by atoms with Crippen molar-refractivity contribution >= 4 is 40.4 Å². The lowest BCUT2D eigenvalue weighted by atomic mass is 9.98. The molecule has 0 fully saturated rings. The summed E-state index contributed by atoms with van der Waals surface area (Å²) >= 11 is 5.95. The van der Waals surface area contributed by atoms with Gasteiger partial charge in [0.2, 0.25) is 11.9 Å². The van der Waals surface area contributed by atoms with E-state index in [0.717, 1.165) is 17.5 Å². The molecule has 1 heterocycles. The van der Waals surface area contributed by atoms with Gasteiger partial charge in [0.25, 0.3) is 5.91 Å². The molecule has 27 heavy (non-hydrogen) atoms. The van der Waals surface area contributed by atoms with Crippen LogP contribution in [0.5, 0.6) is 0 Å². The van der Waals surface area contributed by atoms with Crippen LogP contribution in [0.2, 0.25) is 5.02 Å². The molecule has 0 bridgehead atoms. The van der Waals surface area contributed by atoms with Gasteiger partial charge in [0.05, 0.1) is 11.0 Å². The van der Waals surface area contributed by atoms with E-state index >= 15 is 0 Å². The molecule has 0 saturated carbocycles. The number of anilines is 1. The number of hydrogen-bond acceptors (Lipinski definition) is 3. The number of carbonyl (C=O) groups excluding carboxylic acids is 2. The smallest absolute Gasteiger partial charge is 0.251 e. The van der Waals surface area contributed by atoms with Crippen molar-refractivity contribution in [3.05, 3.63) is 59.1 Å². The number of nitrogens with one attached hydrogen (secondary N) is 3. The van der Waals surface area contributed by atoms with Crippen molar-refractivity contribution in [1.29, 1.82) is 0 Å². The van der Waals surface area contributed by atoms with Gasteiger partial charge < -0.3 is 10.3 Å². The number of H-pyrrole nitrogens is 1. The SMILES string of the molecule is CC[C@@H](C)[C@H](NC(=O)c1cccc(Cl)c1)C(=O)Nc1nc2ccccc2[nH]1. The first-order valence-electron chi connectivity index (χ1n) is 8.80. The molecule has 0 aliphatic rings. The molecule has 2 atom stereocenters. The number of aromatic nitrogens is 2. The molecule has 7 heteroatoms. The largest absolute Gasteiger partial charge is 0.340 e. The zero-order valence-corrected chi connectivity index (χ0v) is 15.9. The van der Waals surface area contributed by atoms with Crippen LogP contribution < -0.4 is 10.6 Å². The monoisotopic (exact) mass is 384 g/mol. The molecule has 3 N–H and O–H groups in total. The second kappa shape index (κ2) is 8.22. The lowest BCUT2D eigenvalue weighted by Gasteiger charge is -2.23. The summed E-state index contributed by atoms with van der Waals surface area (Å²) in [7, 11) is 0. The molecule has 0 unspecified atom stereocenters. The summed E-state index contributed by atoms with van der Waals surface area (Å²) in [5.41, 5.74) is 2.00. The minimum atomic E-state index is -0.699. The number of rotatable bonds is 6. The third-order valence-electron chi connectivity index (χ3n) is 4.50. The van der Waals surface area contributed by atoms with Crippen molar-refractivity contribution in [2.24, 2.45) is 5.92 Å². The summed E-state index contributed by atoms with van der Waals surface area (Å²) in [6.45, 7) is 3.89. The van der Waals surface area contributed by atoms with Crippen LogP contribution in [0.25, 0.3) is 11.0 Å². The number of amides is 2. The Morgan fingerprint density at radius 2 is 1.96 bits per heavy atom. The first-order valence-corrected chi connectivity index (χ1v) is 9.17. The third-order valence-corrected chi connectivity index (χ3v) is 4.73. The lowest BCUT2D eigenvalue weighted by molar-refractivity contribution is -0.119. The fourth-order valence-electron chi connectivity index (χ4n) is 2.76. The van der Waals surface area contributed by atoms with Crippen LogP contribution in [0.15, 0.2) is 48.5 Å². The fraction of sp³-hybridized carbons (Fsp3) is 0.250. The van der Waals surface area contributed by atoms with Crippen molar-refractivity contribution in [2.45, 2.75) is 26.3 Å². The van der Waals surface area contributed by atoms with E-state index in [4.69, 9.17) is 11.6 Å². The molecule has 3 aromatic rings. The van der Waals surface area contributed by atoms with Gasteiger partial charge in [0, 0.05) is 10.6 Å². The molecule has 0 spiro atoms. The van der Waals surface area contributed by atoms with Crippen LogP contribution >= 0.6 is 11.6 Å². The minimum Gasteiger partial charge on any atom is -0.340 e. The van der Waals surface area contributed by atoms with Crippen molar-refractivity contribution in [3.63, 3.8) is 0 Å². The number of fused-ring (bicyclic) bond motifs is 1. The molecule has 3 rings (SSSR count). The lowest BCUT2D eigenvalue weighted by Crippen LogP contribution is -2.47. The van der Waals surface area contributed by atoms with Crippen molar-refractivity contribution in [1.82, 2.24) is 15.3 Å². The summed E-state index contributed by atoms with van der Waals surface area (Å²) in [5, 5.41) is 6.05. The number of halogens is 1. The van der Waals surface area contributed by atoms with E-state index in [1.807, 2.05) is 38.1 Å². The Morgan fingerprint density at radius 1 is 1.19 bits per heavy atom. The van der Waals surface area contributed by atoms with Gasteiger partial charge in [0.15, 0.2) is 0 Å². The van der Waals surface area contributed by atoms with Gasteiger partial charge in [-0.15, -0.1) is 0 Å². The quantitative estimate of drug-likeness (QED) is 0.600. The average Bonchev–Trinajstić information content (AvgIpc) is 3.07. The van der Waals surface area contributed by atoms with Crippen molar-refractivity contribution in [3.8, 4) is 0 Å². The predicted molar refractivity (Wildman–Crippen MR) is 107 cm³/mol. The number of hydrogen-bond donors (Lipinski definition) is 3. The van der Waals surface area contributed by atoms with Crippen LogP contribution in [-0.4, -0.2) is 27.8 Å². The number of benzene rings is 2. The Morgan fingerprint density at radius 3 is 2.67 bits per heavy atom. The minimum absolute atomic E-state index is 0.0579. The Kier molecular flexibility index (Phi) is 5.76. The zero-order chi connectivity index (χ0) is 19.4. The molecular weight excluding hydrogens is 364 g/mol. The van der Waals surface area contributed by atoms with Gasteiger partial charge >= 0.3 is 0 Å². The number of nitrogens with zero attached hydrogens (tertiary/aromatic N) is 1. The van der Waals surface area contributed by atoms with Gasteiger partial charge in [-0.25, -0.2) is 4.98 Å². The fourth-order valence-corrected chi connectivity index (χ4v) is 2.95. The Labute approximate surface area is 162 Å². The van der Waals surface area contributed by atoms with Crippen molar-refractivity contribution < 1.29 is 9.59 Å². The Balaban J connectivity index is 1.77. The highest BCUT2D eigenvalue weighted by molar-refractivity contribution is 6.31. The van der Waals surface area contributed by atoms with E-state index in [1.54, 1.807) is 24.3 Å². The highest BCUT2D eigenvalue weighted by Gasteiger charge is 2.27. The first kappa shape index (κ1) is 18.9. The van der Waals surface area contributed by atoms with Gasteiger partial charge in [-0.3, -0.25) is 14.9 Å². The number of carbonyl (C=O) groups is 2. The second-order valence-corrected chi connectivity index (χ2v) is 6.88. The molecule has 2 aromatic carbocycles. The molecule has 0 aliphatic carbocycles. The normalized spacial score (nSPS) is 13.1. The summed E-state index contributed by atoms with van der Waals surface area (Å²) in [6, 6.07) is 13.4. The highest BCUT2D eigenvalue weighted by Crippen LogP contribution is 2.16. The van der Waals surface area contributed by atoms with Crippen molar-refractivity contribution in [2.75, 3.05) is 5.32 Å². The average molecular weight is 385 g/mol. The highest BCUT2D eigenvalue weighted by atomic mass is 35.5. The van der Waals surface area contributed by atoms with Crippen LogP contribution in [0.1, 0.15) is 30.6 Å². The van der Waals surface area contributed by atoms with E-state index in [9.17, 15) is 9.59 Å². The number of aromatic amines is 1. The topological polar surface area (TPSA) is 86.9 Å². The molecule has 1 aromatic heterocycles. The maximum absolute atomic E-state index is 12.8. The second-order valence-electron chi connectivity index (χ2n) is 6.44. The summed E-state index contributed by atoms with van der Waals surface area (Å²) in [4.78, 5) is 32.8. The van der Waals surface area contributed by atoms with Gasteiger partial charge in [-0.05, 0) is 36.2 Å². The number of imidazole rings is 1. The molecule has 6 nitrogen and oxygen atoms in total. The van der Waals surface area contributed by atoms with E-state index in [0.29, 0.717) is 16.5 Å². The summed E-state index contributed by atoms with van der Waals surface area (Å²) in [5.74, 6) is -0.370. The molecule has 0 radical (unpaired) electrons. The van der Waals surface area contributed by atoms with Crippen LogP contribution in [0, 0.1) is 5.92 Å².